The van der Waals surface area contributed by atoms with Gasteiger partial charge in [-0.25, -0.2) is 18.6 Å². The van der Waals surface area contributed by atoms with Crippen LogP contribution in [0, 0.1) is 17.0 Å². The molecule has 3 saturated heterocycles. The molecule has 0 radical (unpaired) electrons. The monoisotopic (exact) mass is 320 g/mol. The number of phosphoric acid groups is 1. The summed E-state index contributed by atoms with van der Waals surface area (Å²) < 4.78 is 25.2. The molecule has 1 aromatic rings. The van der Waals surface area contributed by atoms with E-state index in [4.69, 9.17) is 9.05 Å². The molecule has 0 amide bonds. The number of hydrogen-bond acceptors (Lipinski definition) is 11. The molecule has 1 aromatic heterocycles. The highest BCUT2D eigenvalue weighted by molar-refractivity contribution is 7.49. The maximum absolute atomic E-state index is 11.4. The number of aromatic nitrogens is 1. The third-order valence-electron chi connectivity index (χ3n) is 2.64. The van der Waals surface area contributed by atoms with E-state index in [0.29, 0.717) is 0 Å². The first-order chi connectivity index (χ1) is 9.80. The van der Waals surface area contributed by atoms with Crippen LogP contribution in [-0.4, -0.2) is 21.5 Å². The summed E-state index contributed by atoms with van der Waals surface area (Å²) in [6.45, 7) is 1.27. The Hall–Kier alpha value is -2.11. The smallest absolute Gasteiger partial charge is 0.505 e. The molecule has 4 heterocycles. The number of pyridine rings is 1. The molecule has 12 nitrogen and oxygen atoms in total. The van der Waals surface area contributed by atoms with Crippen molar-refractivity contribution < 1.29 is 43.0 Å². The van der Waals surface area contributed by atoms with E-state index in [0.717, 1.165) is 0 Å². The minimum Gasteiger partial charge on any atom is -0.505 e. The van der Waals surface area contributed by atoms with Crippen LogP contribution in [0.1, 0.15) is 21.6 Å². The van der Waals surface area contributed by atoms with E-state index in [9.17, 15) is 24.6 Å². The van der Waals surface area contributed by atoms with Crippen LogP contribution in [0.2, 0.25) is 0 Å². The lowest BCUT2D eigenvalue weighted by molar-refractivity contribution is -0.712. The molecule has 1 N–H and O–H groups in total. The second-order valence-electron chi connectivity index (χ2n) is 3.92. The number of nitrogens with zero attached hydrogens (tertiary/aromatic N) is 2. The van der Waals surface area contributed by atoms with Crippen molar-refractivity contribution in [2.24, 2.45) is 0 Å². The first-order valence-electron chi connectivity index (χ1n) is 5.21. The largest absolute Gasteiger partial charge is 0.511 e. The lowest BCUT2D eigenvalue weighted by atomic mass is 10.1. The molecule has 0 aliphatic carbocycles. The Morgan fingerprint density at radius 3 is 2.67 bits per heavy atom. The van der Waals surface area contributed by atoms with Gasteiger partial charge in [-0.15, -0.1) is 14.8 Å². The summed E-state index contributed by atoms with van der Waals surface area (Å²) in [7, 11) is -3.91. The topological polar surface area (TPSA) is 157 Å². The second kappa shape index (κ2) is 4.19. The molecule has 2 bridgehead atoms. The van der Waals surface area contributed by atoms with Crippen LogP contribution in [0.5, 0.6) is 11.6 Å². The maximum Gasteiger partial charge on any atom is 0.511 e. The van der Waals surface area contributed by atoms with Gasteiger partial charge in [0.25, 0.3) is 0 Å². The zero-order valence-corrected chi connectivity index (χ0v) is 10.9. The van der Waals surface area contributed by atoms with E-state index in [2.05, 4.69) is 19.4 Å². The molecular formula is C8H5N2O10P. The number of aromatic hydroxyl groups is 1. The first-order valence-corrected chi connectivity index (χ1v) is 6.67. The minimum absolute atomic E-state index is 0.129. The van der Waals surface area contributed by atoms with Crippen LogP contribution < -0.4 is 4.84 Å². The van der Waals surface area contributed by atoms with E-state index < -0.39 is 41.6 Å². The van der Waals surface area contributed by atoms with Crippen molar-refractivity contribution in [3.63, 3.8) is 0 Å². The molecule has 0 atom stereocenters. The van der Waals surface area contributed by atoms with E-state index in [-0.39, 0.29) is 12.0 Å². The van der Waals surface area contributed by atoms with Gasteiger partial charge in [0, 0.05) is 0 Å². The van der Waals surface area contributed by atoms with Crippen molar-refractivity contribution in [2.45, 2.75) is 12.9 Å². The van der Waals surface area contributed by atoms with Gasteiger partial charge in [0.15, 0.2) is 6.29 Å². The maximum atomic E-state index is 11.4. The Morgan fingerprint density at radius 1 is 1.52 bits per heavy atom. The minimum atomic E-state index is -3.91. The Morgan fingerprint density at radius 2 is 2.19 bits per heavy atom. The Balaban J connectivity index is 2.21. The number of carbonyl (C=O) groups excluding carboxylic acids is 1. The van der Waals surface area contributed by atoms with E-state index in [1.807, 2.05) is 0 Å². The predicted octanol–water partition coefficient (Wildman–Crippen LogP) is 0.706. The molecular weight excluding hydrogens is 315 g/mol. The van der Waals surface area contributed by atoms with Gasteiger partial charge in [0.2, 0.25) is 5.88 Å². The van der Waals surface area contributed by atoms with E-state index in [1.165, 1.54) is 6.92 Å². The first kappa shape index (κ1) is 13.9. The number of phosphoric ester groups is 1. The van der Waals surface area contributed by atoms with Crippen molar-refractivity contribution in [3.8, 4) is 11.6 Å². The quantitative estimate of drug-likeness (QED) is 0.274. The van der Waals surface area contributed by atoms with Crippen LogP contribution in [-0.2, 0) is 29.1 Å². The lowest BCUT2D eigenvalue weighted by Crippen LogP contribution is -2.36. The van der Waals surface area contributed by atoms with Gasteiger partial charge < -0.3 is 5.11 Å². The standard InChI is InChI=1S/C8H5N2O10P/c1-3-6(12)4(2-11)5(7(9-3)16-10(13)14)8-17-20-21(15,18-8)19-8/h2,12H,1H3. The van der Waals surface area contributed by atoms with E-state index in [1.54, 1.807) is 0 Å². The highest BCUT2D eigenvalue weighted by Gasteiger charge is 2.71. The van der Waals surface area contributed by atoms with Crippen LogP contribution in [0.25, 0.3) is 0 Å². The zero-order valence-electron chi connectivity index (χ0n) is 10.0. The van der Waals surface area contributed by atoms with Gasteiger partial charge in [-0.3, -0.25) is 9.63 Å². The molecule has 4 rings (SSSR count). The molecule has 21 heavy (non-hydrogen) atoms. The average Bonchev–Trinajstić information content (AvgIpc) is 2.86. The van der Waals surface area contributed by atoms with Crippen LogP contribution in [0.15, 0.2) is 0 Å². The molecule has 3 fully saturated rings. The normalized spacial score (nSPS) is 29.8. The number of aldehydes is 1. The fourth-order valence-electron chi connectivity index (χ4n) is 1.83. The number of hydrogen-bond donors (Lipinski definition) is 1. The summed E-state index contributed by atoms with van der Waals surface area (Å²) in [5.41, 5.74) is -1.20. The SMILES string of the molecule is Cc1nc(O[N+](=O)[O-])c(C23OOP(=O)(O2)O3)c(C=O)c1O. The van der Waals surface area contributed by atoms with Crippen LogP contribution >= 0.6 is 7.82 Å². The second-order valence-corrected chi connectivity index (χ2v) is 5.32. The van der Waals surface area contributed by atoms with Crippen molar-refractivity contribution in [1.82, 2.24) is 4.98 Å². The highest BCUT2D eigenvalue weighted by Crippen LogP contribution is 2.76. The number of rotatable bonds is 4. The summed E-state index contributed by atoms with van der Waals surface area (Å²) in [6.07, 6.45) is 0.151. The molecule has 13 heteroatoms. The van der Waals surface area contributed by atoms with Crippen LogP contribution in [0.3, 0.4) is 0 Å². The molecule has 112 valence electrons. The van der Waals surface area contributed by atoms with Gasteiger partial charge in [-0.05, 0) is 6.92 Å². The Kier molecular flexibility index (Phi) is 2.77. The molecule has 3 aliphatic heterocycles. The van der Waals surface area contributed by atoms with Gasteiger partial charge in [-0.2, -0.15) is 4.89 Å². The van der Waals surface area contributed by atoms with Crippen molar-refractivity contribution in [1.29, 1.82) is 0 Å². The Labute approximate surface area is 114 Å². The summed E-state index contributed by atoms with van der Waals surface area (Å²) in [5.74, 6) is -3.67. The van der Waals surface area contributed by atoms with Gasteiger partial charge in [-0.1, -0.05) is 0 Å². The van der Waals surface area contributed by atoms with Crippen molar-refractivity contribution in [2.75, 3.05) is 0 Å². The number of aryl methyl sites for hydroxylation is 1. The molecule has 0 saturated carbocycles. The van der Waals surface area contributed by atoms with Gasteiger partial charge in [0.1, 0.15) is 11.3 Å². The van der Waals surface area contributed by atoms with Crippen molar-refractivity contribution >= 4 is 14.1 Å². The highest BCUT2D eigenvalue weighted by atomic mass is 31.2. The average molecular weight is 320 g/mol. The van der Waals surface area contributed by atoms with Gasteiger partial charge >= 0.3 is 18.9 Å². The Bertz CT molecular complexity index is 707. The number of carbonyl (C=O) groups is 1. The lowest BCUT2D eigenvalue weighted by Gasteiger charge is -2.31. The summed E-state index contributed by atoms with van der Waals surface area (Å²) in [5, 5.41) is 19.1. The molecule has 0 spiro atoms. The van der Waals surface area contributed by atoms with E-state index >= 15 is 0 Å². The van der Waals surface area contributed by atoms with Crippen LogP contribution in [0.4, 0.5) is 0 Å². The third kappa shape index (κ3) is 1.89. The number of fused-ring (bicyclic) bond motifs is 1. The summed E-state index contributed by atoms with van der Waals surface area (Å²) >= 11 is 0. The van der Waals surface area contributed by atoms with Crippen molar-refractivity contribution in [3.05, 3.63) is 26.9 Å². The molecule has 0 unspecified atom stereocenters. The predicted molar refractivity (Wildman–Crippen MR) is 57.3 cm³/mol. The zero-order chi connectivity index (χ0) is 15.4. The fourth-order valence-corrected chi connectivity index (χ4v) is 2.92. The fraction of sp³-hybridized carbons (Fsp3) is 0.250. The third-order valence-corrected chi connectivity index (χ3v) is 3.82. The summed E-state index contributed by atoms with van der Waals surface area (Å²) in [6, 6.07) is 0. The molecule has 3 aliphatic rings. The van der Waals surface area contributed by atoms with Gasteiger partial charge in [0.05, 0.1) is 11.3 Å². The molecule has 0 aromatic carbocycles. The summed E-state index contributed by atoms with van der Waals surface area (Å²) in [4.78, 5) is 34.0.